The number of sulfonamides is 1. The number of benzene rings is 3. The van der Waals surface area contributed by atoms with E-state index in [4.69, 9.17) is 23.2 Å². The number of hydrogen-bond acceptors (Lipinski definition) is 5. The van der Waals surface area contributed by atoms with Gasteiger partial charge in [-0.15, -0.1) is 10.2 Å². The summed E-state index contributed by atoms with van der Waals surface area (Å²) in [4.78, 5) is 0.153. The molecule has 0 spiro atoms. The van der Waals surface area contributed by atoms with E-state index >= 15 is 0 Å². The van der Waals surface area contributed by atoms with Gasteiger partial charge in [-0.2, -0.15) is 0 Å². The first kappa shape index (κ1) is 24.3. The van der Waals surface area contributed by atoms with Gasteiger partial charge in [-0.1, -0.05) is 81.2 Å². The zero-order valence-electron chi connectivity index (χ0n) is 17.0. The number of rotatable bonds is 8. The molecule has 6 nitrogen and oxygen atoms in total. The zero-order chi connectivity index (χ0) is 23.4. The van der Waals surface area contributed by atoms with Gasteiger partial charge in [0.05, 0.1) is 22.2 Å². The SMILES string of the molecule is O=S(=O)(NCc1nnc(SCc2ccccc2)n1-c1ccc(Cl)cc1Cl)c1ccc(Br)cc1. The lowest BCUT2D eigenvalue weighted by atomic mass is 10.2. The van der Waals surface area contributed by atoms with Crippen LogP contribution >= 0.6 is 50.9 Å². The maximum absolute atomic E-state index is 12.8. The van der Waals surface area contributed by atoms with E-state index in [2.05, 4.69) is 30.8 Å². The average Bonchev–Trinajstić information content (AvgIpc) is 3.20. The van der Waals surface area contributed by atoms with Crippen LogP contribution in [0.3, 0.4) is 0 Å². The van der Waals surface area contributed by atoms with Gasteiger partial charge < -0.3 is 0 Å². The third kappa shape index (κ3) is 5.98. The standard InChI is InChI=1S/C22H17BrCl2N4O2S2/c23-16-6-9-18(10-7-16)33(30,31)26-13-21-27-28-22(32-14-15-4-2-1-3-5-15)29(21)20-11-8-17(24)12-19(20)25/h1-12,26H,13-14H2. The minimum atomic E-state index is -3.75. The van der Waals surface area contributed by atoms with E-state index in [-0.39, 0.29) is 11.4 Å². The summed E-state index contributed by atoms with van der Waals surface area (Å²) in [5, 5.41) is 10.0. The largest absolute Gasteiger partial charge is 0.271 e. The Labute approximate surface area is 214 Å². The van der Waals surface area contributed by atoms with Gasteiger partial charge in [-0.3, -0.25) is 4.57 Å². The fraction of sp³-hybridized carbons (Fsp3) is 0.0909. The molecule has 0 amide bonds. The summed E-state index contributed by atoms with van der Waals surface area (Å²) in [5.41, 5.74) is 1.73. The fourth-order valence-corrected chi connectivity index (χ4v) is 5.65. The second-order valence-corrected chi connectivity index (χ2v) is 11.4. The van der Waals surface area contributed by atoms with Gasteiger partial charge in [0.25, 0.3) is 0 Å². The van der Waals surface area contributed by atoms with Gasteiger partial charge in [0, 0.05) is 15.2 Å². The van der Waals surface area contributed by atoms with Crippen LogP contribution in [0.4, 0.5) is 0 Å². The molecule has 1 N–H and O–H groups in total. The maximum Gasteiger partial charge on any atom is 0.240 e. The number of halogens is 3. The minimum Gasteiger partial charge on any atom is -0.271 e. The maximum atomic E-state index is 12.8. The van der Waals surface area contributed by atoms with Crippen LogP contribution in [-0.2, 0) is 22.3 Å². The van der Waals surface area contributed by atoms with Crippen molar-refractivity contribution in [2.45, 2.75) is 22.3 Å². The molecule has 0 saturated heterocycles. The lowest BCUT2D eigenvalue weighted by molar-refractivity contribution is 0.578. The van der Waals surface area contributed by atoms with Crippen molar-refractivity contribution in [3.8, 4) is 5.69 Å². The summed E-state index contributed by atoms with van der Waals surface area (Å²) in [6.45, 7) is -0.0732. The van der Waals surface area contributed by atoms with Crippen molar-refractivity contribution in [1.82, 2.24) is 19.5 Å². The first-order valence-electron chi connectivity index (χ1n) is 9.65. The van der Waals surface area contributed by atoms with Crippen molar-refractivity contribution in [2.75, 3.05) is 0 Å². The number of hydrogen-bond donors (Lipinski definition) is 1. The highest BCUT2D eigenvalue weighted by Crippen LogP contribution is 2.31. The molecule has 0 fully saturated rings. The van der Waals surface area contributed by atoms with Gasteiger partial charge in [0.15, 0.2) is 11.0 Å². The smallest absolute Gasteiger partial charge is 0.240 e. The molecule has 0 atom stereocenters. The summed E-state index contributed by atoms with van der Waals surface area (Å²) in [6.07, 6.45) is 0. The van der Waals surface area contributed by atoms with Gasteiger partial charge in [0.2, 0.25) is 10.0 Å². The molecule has 1 heterocycles. The molecular weight excluding hydrogens is 567 g/mol. The van der Waals surface area contributed by atoms with Crippen molar-refractivity contribution in [3.05, 3.63) is 98.7 Å². The Morgan fingerprint density at radius 2 is 1.70 bits per heavy atom. The first-order chi connectivity index (χ1) is 15.8. The lowest BCUT2D eigenvalue weighted by Crippen LogP contribution is -2.25. The van der Waals surface area contributed by atoms with Crippen molar-refractivity contribution in [3.63, 3.8) is 0 Å². The van der Waals surface area contributed by atoms with Crippen LogP contribution in [0.5, 0.6) is 0 Å². The third-order valence-corrected chi connectivity index (χ3v) is 8.09. The Kier molecular flexibility index (Phi) is 7.78. The second-order valence-electron chi connectivity index (χ2n) is 6.88. The van der Waals surface area contributed by atoms with Gasteiger partial charge >= 0.3 is 0 Å². The summed E-state index contributed by atoms with van der Waals surface area (Å²) in [6, 6.07) is 21.4. The highest BCUT2D eigenvalue weighted by molar-refractivity contribution is 9.10. The van der Waals surface area contributed by atoms with Crippen LogP contribution in [0.2, 0.25) is 10.0 Å². The van der Waals surface area contributed by atoms with Crippen molar-refractivity contribution in [2.24, 2.45) is 0 Å². The summed E-state index contributed by atoms with van der Waals surface area (Å²) >= 11 is 17.3. The van der Waals surface area contributed by atoms with E-state index < -0.39 is 10.0 Å². The quantitative estimate of drug-likeness (QED) is 0.253. The molecule has 0 bridgehead atoms. The normalized spacial score (nSPS) is 11.6. The molecule has 33 heavy (non-hydrogen) atoms. The average molecular weight is 584 g/mol. The molecule has 0 radical (unpaired) electrons. The molecule has 11 heteroatoms. The summed E-state index contributed by atoms with van der Waals surface area (Å²) < 4.78 is 30.7. The monoisotopic (exact) mass is 582 g/mol. The van der Waals surface area contributed by atoms with Crippen LogP contribution in [0.15, 0.2) is 87.3 Å². The number of nitrogens with one attached hydrogen (secondary N) is 1. The molecule has 0 aliphatic carbocycles. The molecule has 1 aromatic heterocycles. The van der Waals surface area contributed by atoms with E-state index in [0.717, 1.165) is 10.0 Å². The lowest BCUT2D eigenvalue weighted by Gasteiger charge is -2.13. The van der Waals surface area contributed by atoms with E-state index in [1.807, 2.05) is 30.3 Å². The second kappa shape index (κ2) is 10.6. The number of thioether (sulfide) groups is 1. The highest BCUT2D eigenvalue weighted by atomic mass is 79.9. The minimum absolute atomic E-state index is 0.0732. The van der Waals surface area contributed by atoms with E-state index in [1.54, 1.807) is 34.9 Å². The molecule has 3 aromatic carbocycles. The van der Waals surface area contributed by atoms with Crippen LogP contribution < -0.4 is 4.72 Å². The van der Waals surface area contributed by atoms with Gasteiger partial charge in [0.1, 0.15) is 0 Å². The fourth-order valence-electron chi connectivity index (χ4n) is 2.99. The van der Waals surface area contributed by atoms with E-state index in [1.165, 1.54) is 23.9 Å². The predicted octanol–water partition coefficient (Wildman–Crippen LogP) is 6.11. The molecule has 4 aromatic rings. The topological polar surface area (TPSA) is 76.9 Å². The van der Waals surface area contributed by atoms with Crippen molar-refractivity contribution >= 4 is 60.9 Å². The van der Waals surface area contributed by atoms with E-state index in [0.29, 0.717) is 32.5 Å². The molecule has 0 saturated carbocycles. The Morgan fingerprint density at radius 3 is 2.39 bits per heavy atom. The Balaban J connectivity index is 1.64. The van der Waals surface area contributed by atoms with Gasteiger partial charge in [-0.05, 0) is 48.0 Å². The van der Waals surface area contributed by atoms with Crippen LogP contribution in [0.25, 0.3) is 5.69 Å². The van der Waals surface area contributed by atoms with Crippen LogP contribution in [0, 0.1) is 0 Å². The Hall–Kier alpha value is -1.88. The summed E-state index contributed by atoms with van der Waals surface area (Å²) in [7, 11) is -3.75. The molecule has 0 aliphatic rings. The molecule has 0 unspecified atom stereocenters. The Morgan fingerprint density at radius 1 is 0.970 bits per heavy atom. The zero-order valence-corrected chi connectivity index (χ0v) is 21.7. The van der Waals surface area contributed by atoms with Crippen LogP contribution in [0.1, 0.15) is 11.4 Å². The van der Waals surface area contributed by atoms with Crippen LogP contribution in [-0.4, -0.2) is 23.2 Å². The number of nitrogens with zero attached hydrogens (tertiary/aromatic N) is 3. The number of aromatic nitrogens is 3. The molecule has 4 rings (SSSR count). The predicted molar refractivity (Wildman–Crippen MR) is 136 cm³/mol. The first-order valence-corrected chi connectivity index (χ1v) is 13.7. The van der Waals surface area contributed by atoms with Crippen molar-refractivity contribution < 1.29 is 8.42 Å². The van der Waals surface area contributed by atoms with Crippen molar-refractivity contribution in [1.29, 1.82) is 0 Å². The third-order valence-electron chi connectivity index (χ3n) is 4.61. The molecule has 170 valence electrons. The van der Waals surface area contributed by atoms with E-state index in [9.17, 15) is 8.42 Å². The Bertz CT molecular complexity index is 1370. The molecule has 0 aliphatic heterocycles. The summed E-state index contributed by atoms with van der Waals surface area (Å²) in [5.74, 6) is 1.06. The molecular formula is C22H17BrCl2N4O2S2. The van der Waals surface area contributed by atoms with Gasteiger partial charge in [-0.25, -0.2) is 13.1 Å². The highest BCUT2D eigenvalue weighted by Gasteiger charge is 2.20.